The SMILES string of the molecule is [2H]c1csc(C)n1. The fourth-order valence-corrected chi connectivity index (χ4v) is 0.637. The van der Waals surface area contributed by atoms with Gasteiger partial charge in [-0.25, -0.2) is 0 Å². The van der Waals surface area contributed by atoms with Crippen LogP contribution in [0.2, 0.25) is 0 Å². The quantitative estimate of drug-likeness (QED) is 0.481. The number of thiazole rings is 1. The summed E-state index contributed by atoms with van der Waals surface area (Å²) in [7, 11) is 0. The van der Waals surface area contributed by atoms with E-state index in [-0.39, 0.29) is 0 Å². The molecule has 0 aromatic carbocycles. The highest BCUT2D eigenvalue weighted by atomic mass is 32.1. The molecule has 0 saturated heterocycles. The summed E-state index contributed by atoms with van der Waals surface area (Å²) in [5, 5.41) is 2.68. The van der Waals surface area contributed by atoms with E-state index in [1.54, 1.807) is 5.38 Å². The molecule has 1 heterocycles. The maximum Gasteiger partial charge on any atom is 0.0893 e. The Bertz CT molecular complexity index is 144. The van der Waals surface area contributed by atoms with Crippen molar-refractivity contribution in [1.29, 1.82) is 0 Å². The first-order chi connectivity index (χ1) is 3.29. The highest BCUT2D eigenvalue weighted by molar-refractivity contribution is 7.09. The molecule has 0 atom stereocenters. The Morgan fingerprint density at radius 2 is 3.00 bits per heavy atom. The Kier molecular flexibility index (Phi) is 0.635. The summed E-state index contributed by atoms with van der Waals surface area (Å²) >= 11 is 1.51. The van der Waals surface area contributed by atoms with Crippen LogP contribution in [0.25, 0.3) is 0 Å². The van der Waals surface area contributed by atoms with Crippen LogP contribution in [0.4, 0.5) is 0 Å². The minimum Gasteiger partial charge on any atom is -0.250 e. The van der Waals surface area contributed by atoms with Crippen molar-refractivity contribution in [3.63, 3.8) is 0 Å². The molecule has 1 aromatic heterocycles. The van der Waals surface area contributed by atoms with Crippen molar-refractivity contribution in [3.8, 4) is 0 Å². The standard InChI is InChI=1S/C4H5NS/c1-4-5-2-3-6-4/h2-3H,1H3/i2D. The average Bonchev–Trinajstić information content (AvgIpc) is 1.87. The van der Waals surface area contributed by atoms with Crippen LogP contribution in [0.1, 0.15) is 6.38 Å². The van der Waals surface area contributed by atoms with Gasteiger partial charge in [-0.05, 0) is 6.92 Å². The molecule has 0 spiro atoms. The third-order valence-electron chi connectivity index (χ3n) is 0.504. The van der Waals surface area contributed by atoms with E-state index < -0.39 is 0 Å². The van der Waals surface area contributed by atoms with E-state index in [4.69, 9.17) is 1.37 Å². The largest absolute Gasteiger partial charge is 0.250 e. The van der Waals surface area contributed by atoms with E-state index in [0.717, 1.165) is 5.01 Å². The smallest absolute Gasteiger partial charge is 0.0893 e. The van der Waals surface area contributed by atoms with Crippen LogP contribution in [0.15, 0.2) is 11.6 Å². The zero-order chi connectivity index (χ0) is 5.28. The minimum absolute atomic E-state index is 0.377. The third kappa shape index (κ3) is 0.571. The second-order valence-electron chi connectivity index (χ2n) is 0.996. The maximum absolute atomic E-state index is 6.92. The van der Waals surface area contributed by atoms with Crippen LogP contribution in [0, 0.1) is 6.92 Å². The van der Waals surface area contributed by atoms with Crippen molar-refractivity contribution in [2.75, 3.05) is 0 Å². The predicted molar refractivity (Wildman–Crippen MR) is 26.9 cm³/mol. The van der Waals surface area contributed by atoms with Gasteiger partial charge in [0, 0.05) is 11.6 Å². The second-order valence-corrected chi connectivity index (χ2v) is 2.06. The van der Waals surface area contributed by atoms with Gasteiger partial charge in [0.1, 0.15) is 0 Å². The van der Waals surface area contributed by atoms with Gasteiger partial charge in [-0.2, -0.15) is 0 Å². The van der Waals surface area contributed by atoms with E-state index in [9.17, 15) is 0 Å². The van der Waals surface area contributed by atoms with Gasteiger partial charge in [-0.1, -0.05) is 0 Å². The molecule has 0 aliphatic heterocycles. The van der Waals surface area contributed by atoms with Gasteiger partial charge in [0.25, 0.3) is 0 Å². The molecule has 32 valence electrons. The minimum atomic E-state index is 0.377. The van der Waals surface area contributed by atoms with Crippen LogP contribution < -0.4 is 0 Å². The molecule has 2 heteroatoms. The first kappa shape index (κ1) is 2.75. The molecule has 0 saturated carbocycles. The van der Waals surface area contributed by atoms with Gasteiger partial charge in [-0.15, -0.1) is 11.3 Å². The molecule has 0 aliphatic carbocycles. The van der Waals surface area contributed by atoms with Crippen LogP contribution in [0.3, 0.4) is 0 Å². The maximum atomic E-state index is 6.92. The van der Waals surface area contributed by atoms with Crippen LogP contribution >= 0.6 is 11.3 Å². The molecular weight excluding hydrogens is 94.1 g/mol. The van der Waals surface area contributed by atoms with Crippen molar-refractivity contribution < 1.29 is 1.37 Å². The summed E-state index contributed by atoms with van der Waals surface area (Å²) in [4.78, 5) is 3.80. The third-order valence-corrected chi connectivity index (χ3v) is 1.16. The summed E-state index contributed by atoms with van der Waals surface area (Å²) in [6.45, 7) is 1.89. The molecule has 1 rings (SSSR count). The summed E-state index contributed by atoms with van der Waals surface area (Å²) < 4.78 is 6.92. The Morgan fingerprint density at radius 1 is 2.17 bits per heavy atom. The number of hydrogen-bond donors (Lipinski definition) is 0. The van der Waals surface area contributed by atoms with Gasteiger partial charge >= 0.3 is 0 Å². The molecule has 0 aliphatic rings. The molecule has 0 amide bonds. The topological polar surface area (TPSA) is 12.9 Å². The molecule has 0 bridgehead atoms. The number of aryl methyl sites for hydroxylation is 1. The monoisotopic (exact) mass is 100 g/mol. The first-order valence-corrected chi connectivity index (χ1v) is 2.56. The van der Waals surface area contributed by atoms with Crippen molar-refractivity contribution in [1.82, 2.24) is 4.98 Å². The van der Waals surface area contributed by atoms with E-state index in [2.05, 4.69) is 4.98 Å². The fourth-order valence-electron chi connectivity index (χ4n) is 0.255. The summed E-state index contributed by atoms with van der Waals surface area (Å²) in [5.74, 6) is 0. The number of rotatable bonds is 0. The molecule has 1 aromatic rings. The fraction of sp³-hybridized carbons (Fsp3) is 0.250. The first-order valence-electron chi connectivity index (χ1n) is 2.18. The van der Waals surface area contributed by atoms with E-state index >= 15 is 0 Å². The van der Waals surface area contributed by atoms with E-state index in [1.807, 2.05) is 6.92 Å². The lowest BCUT2D eigenvalue weighted by molar-refractivity contribution is 1.30. The number of nitrogens with zero attached hydrogens (tertiary/aromatic N) is 1. The van der Waals surface area contributed by atoms with Crippen molar-refractivity contribution in [3.05, 3.63) is 16.6 Å². The zero-order valence-electron chi connectivity index (χ0n) is 4.43. The molecule has 0 radical (unpaired) electrons. The molecule has 0 N–H and O–H groups in total. The molecular formula is C4H5NS. The predicted octanol–water partition coefficient (Wildman–Crippen LogP) is 1.45. The normalized spacial score (nSPS) is 11.2. The summed E-state index contributed by atoms with van der Waals surface area (Å²) in [6.07, 6.45) is 0.377. The summed E-state index contributed by atoms with van der Waals surface area (Å²) in [6, 6.07) is 0. The lowest BCUT2D eigenvalue weighted by Crippen LogP contribution is -1.56. The number of aromatic nitrogens is 1. The van der Waals surface area contributed by atoms with Gasteiger partial charge in [0.2, 0.25) is 0 Å². The van der Waals surface area contributed by atoms with Crippen LogP contribution in [-0.4, -0.2) is 4.98 Å². The molecule has 1 nitrogen and oxygen atoms in total. The zero-order valence-corrected chi connectivity index (χ0v) is 4.25. The average molecular weight is 100 g/mol. The Morgan fingerprint density at radius 3 is 3.17 bits per heavy atom. The lowest BCUT2D eigenvalue weighted by atomic mass is 10.8. The van der Waals surface area contributed by atoms with Crippen LogP contribution in [-0.2, 0) is 0 Å². The van der Waals surface area contributed by atoms with Gasteiger partial charge in [0.05, 0.1) is 6.38 Å². The van der Waals surface area contributed by atoms with Gasteiger partial charge in [0.15, 0.2) is 0 Å². The molecule has 6 heavy (non-hydrogen) atoms. The van der Waals surface area contributed by atoms with Gasteiger partial charge < -0.3 is 0 Å². The molecule has 0 fully saturated rings. The van der Waals surface area contributed by atoms with Crippen molar-refractivity contribution >= 4 is 11.3 Å². The van der Waals surface area contributed by atoms with Gasteiger partial charge in [-0.3, -0.25) is 4.98 Å². The lowest BCUT2D eigenvalue weighted by Gasteiger charge is -1.65. The second kappa shape index (κ2) is 1.39. The van der Waals surface area contributed by atoms with E-state index in [0.29, 0.717) is 6.17 Å². The Labute approximate surface area is 42.1 Å². The van der Waals surface area contributed by atoms with Crippen LogP contribution in [0.5, 0.6) is 0 Å². The highest BCUT2D eigenvalue weighted by Crippen LogP contribution is 1.98. The number of hydrogen-bond acceptors (Lipinski definition) is 2. The Hall–Kier alpha value is -0.370. The highest BCUT2D eigenvalue weighted by Gasteiger charge is 1.76. The molecule has 0 unspecified atom stereocenters. The summed E-state index contributed by atoms with van der Waals surface area (Å²) in [5.41, 5.74) is 0. The Balaban J connectivity index is 3.04. The van der Waals surface area contributed by atoms with Crippen molar-refractivity contribution in [2.45, 2.75) is 6.92 Å². The van der Waals surface area contributed by atoms with Crippen molar-refractivity contribution in [2.24, 2.45) is 0 Å². The van der Waals surface area contributed by atoms with E-state index in [1.165, 1.54) is 11.3 Å².